The number of nitrogens with one attached hydrogen (secondary N) is 1. The monoisotopic (exact) mass is 334 g/mol. The Bertz CT molecular complexity index is 584. The van der Waals surface area contributed by atoms with Crippen LogP contribution >= 0.6 is 23.4 Å². The fourth-order valence-electron chi connectivity index (χ4n) is 2.56. The van der Waals surface area contributed by atoms with Gasteiger partial charge in [0.15, 0.2) is 0 Å². The quantitative estimate of drug-likeness (QED) is 0.812. The molecule has 1 aliphatic carbocycles. The van der Waals surface area contributed by atoms with Crippen molar-refractivity contribution >= 4 is 33.4 Å². The van der Waals surface area contributed by atoms with Gasteiger partial charge in [-0.05, 0) is 37.3 Å². The second kappa shape index (κ2) is 6.23. The minimum atomic E-state index is -3.59. The van der Waals surface area contributed by atoms with Crippen LogP contribution in [0.2, 0.25) is 5.02 Å². The molecule has 0 spiro atoms. The van der Waals surface area contributed by atoms with Crippen molar-refractivity contribution in [3.63, 3.8) is 0 Å². The van der Waals surface area contributed by atoms with Crippen molar-refractivity contribution in [3.8, 4) is 0 Å². The van der Waals surface area contributed by atoms with Gasteiger partial charge >= 0.3 is 0 Å². The Labute approximate surface area is 129 Å². The zero-order chi connectivity index (χ0) is 14.8. The third-order valence-electron chi connectivity index (χ3n) is 3.74. The molecule has 4 nitrogen and oxygen atoms in total. The Balaban J connectivity index is 2.28. The lowest BCUT2D eigenvalue weighted by Crippen LogP contribution is -2.51. The highest BCUT2D eigenvalue weighted by Gasteiger charge is 2.36. The van der Waals surface area contributed by atoms with Crippen molar-refractivity contribution < 1.29 is 8.42 Å². The summed E-state index contributed by atoms with van der Waals surface area (Å²) in [5.74, 6) is 0. The number of halogens is 1. The third-order valence-corrected chi connectivity index (χ3v) is 6.53. The summed E-state index contributed by atoms with van der Waals surface area (Å²) < 4.78 is 27.7. The van der Waals surface area contributed by atoms with Crippen LogP contribution in [0.3, 0.4) is 0 Å². The van der Waals surface area contributed by atoms with Gasteiger partial charge in [-0.3, -0.25) is 0 Å². The fraction of sp³-hybridized carbons (Fsp3) is 0.538. The lowest BCUT2D eigenvalue weighted by molar-refractivity contribution is 0.399. The van der Waals surface area contributed by atoms with E-state index in [9.17, 15) is 8.42 Å². The molecule has 1 fully saturated rings. The summed E-state index contributed by atoms with van der Waals surface area (Å²) in [4.78, 5) is 1.06. The van der Waals surface area contributed by atoms with Crippen LogP contribution in [-0.4, -0.2) is 26.8 Å². The molecule has 1 aliphatic rings. The summed E-state index contributed by atoms with van der Waals surface area (Å²) in [7, 11) is -3.59. The van der Waals surface area contributed by atoms with Crippen LogP contribution in [0.5, 0.6) is 0 Å². The van der Waals surface area contributed by atoms with Gasteiger partial charge in [0.2, 0.25) is 10.0 Å². The van der Waals surface area contributed by atoms with Gasteiger partial charge in [0.05, 0.1) is 9.92 Å². The van der Waals surface area contributed by atoms with Crippen LogP contribution in [0.4, 0.5) is 0 Å². The van der Waals surface area contributed by atoms with Crippen LogP contribution in [0, 0.1) is 0 Å². The second-order valence-corrected chi connectivity index (χ2v) is 8.03. The van der Waals surface area contributed by atoms with E-state index in [2.05, 4.69) is 4.72 Å². The van der Waals surface area contributed by atoms with Gasteiger partial charge in [-0.25, -0.2) is 13.1 Å². The summed E-state index contributed by atoms with van der Waals surface area (Å²) in [5.41, 5.74) is 5.28. The van der Waals surface area contributed by atoms with E-state index < -0.39 is 15.6 Å². The van der Waals surface area contributed by atoms with Crippen LogP contribution in [0.15, 0.2) is 28.0 Å². The highest BCUT2D eigenvalue weighted by molar-refractivity contribution is 7.98. The van der Waals surface area contributed by atoms with E-state index in [1.165, 1.54) is 17.8 Å². The molecule has 0 amide bonds. The molecule has 0 bridgehead atoms. The highest BCUT2D eigenvalue weighted by atomic mass is 35.5. The first-order valence-electron chi connectivity index (χ1n) is 6.50. The predicted octanol–water partition coefficient (Wildman–Crippen LogP) is 2.61. The molecule has 1 saturated carbocycles. The van der Waals surface area contributed by atoms with Gasteiger partial charge in [-0.2, -0.15) is 0 Å². The largest absolute Gasteiger partial charge is 0.329 e. The van der Waals surface area contributed by atoms with Crippen LogP contribution in [0.1, 0.15) is 25.7 Å². The van der Waals surface area contributed by atoms with Gasteiger partial charge in [0.1, 0.15) is 0 Å². The first kappa shape index (κ1) is 16.1. The smallest absolute Gasteiger partial charge is 0.241 e. The lowest BCUT2D eigenvalue weighted by Gasteiger charge is -2.28. The summed E-state index contributed by atoms with van der Waals surface area (Å²) in [6, 6.07) is 4.80. The maximum atomic E-state index is 12.5. The van der Waals surface area contributed by atoms with Gasteiger partial charge in [-0.1, -0.05) is 24.4 Å². The van der Waals surface area contributed by atoms with E-state index in [0.717, 1.165) is 30.6 Å². The molecule has 0 saturated heterocycles. The molecule has 1 aromatic rings. The number of nitrogens with two attached hydrogens (primary N) is 1. The molecule has 0 aromatic heterocycles. The SMILES string of the molecule is CSc1ccc(S(=O)(=O)NC2(CN)CCCC2)cc1Cl. The molecule has 0 heterocycles. The maximum absolute atomic E-state index is 12.5. The fourth-order valence-corrected chi connectivity index (χ4v) is 4.99. The van der Waals surface area contributed by atoms with E-state index in [0.29, 0.717) is 11.6 Å². The van der Waals surface area contributed by atoms with Crippen molar-refractivity contribution in [3.05, 3.63) is 23.2 Å². The van der Waals surface area contributed by atoms with E-state index in [-0.39, 0.29) is 4.90 Å². The van der Waals surface area contributed by atoms with E-state index >= 15 is 0 Å². The Morgan fingerprint density at radius 3 is 2.55 bits per heavy atom. The molecule has 0 atom stereocenters. The Kier molecular flexibility index (Phi) is 5.02. The average Bonchev–Trinajstić information content (AvgIpc) is 2.87. The van der Waals surface area contributed by atoms with E-state index in [1.54, 1.807) is 12.1 Å². The van der Waals surface area contributed by atoms with Crippen LogP contribution in [0.25, 0.3) is 0 Å². The first-order valence-corrected chi connectivity index (χ1v) is 9.59. The Morgan fingerprint density at radius 2 is 2.05 bits per heavy atom. The van der Waals surface area contributed by atoms with Crippen molar-refractivity contribution in [1.82, 2.24) is 4.72 Å². The van der Waals surface area contributed by atoms with Gasteiger partial charge in [-0.15, -0.1) is 11.8 Å². The lowest BCUT2D eigenvalue weighted by atomic mass is 10.0. The minimum absolute atomic E-state index is 0.194. The summed E-state index contributed by atoms with van der Waals surface area (Å²) >= 11 is 7.57. The van der Waals surface area contributed by atoms with Crippen molar-refractivity contribution in [1.29, 1.82) is 0 Å². The number of hydrogen-bond donors (Lipinski definition) is 2. The molecule has 3 N–H and O–H groups in total. The Hall–Kier alpha value is -0.270. The summed E-state index contributed by atoms with van der Waals surface area (Å²) in [6.45, 7) is 0.322. The number of hydrogen-bond acceptors (Lipinski definition) is 4. The van der Waals surface area contributed by atoms with E-state index in [1.807, 2.05) is 6.26 Å². The maximum Gasteiger partial charge on any atom is 0.241 e. The molecule has 0 unspecified atom stereocenters. The minimum Gasteiger partial charge on any atom is -0.329 e. The zero-order valence-corrected chi connectivity index (χ0v) is 13.7. The number of sulfonamides is 1. The molecular weight excluding hydrogens is 316 g/mol. The van der Waals surface area contributed by atoms with Gasteiger partial charge < -0.3 is 5.73 Å². The van der Waals surface area contributed by atoms with Crippen LogP contribution in [-0.2, 0) is 10.0 Å². The first-order chi connectivity index (χ1) is 9.42. The summed E-state index contributed by atoms with van der Waals surface area (Å²) in [5, 5.41) is 0.452. The molecular formula is C13H19ClN2O2S2. The van der Waals surface area contributed by atoms with Gasteiger partial charge in [0.25, 0.3) is 0 Å². The molecule has 7 heteroatoms. The van der Waals surface area contributed by atoms with Crippen molar-refractivity contribution in [2.24, 2.45) is 5.73 Å². The zero-order valence-electron chi connectivity index (χ0n) is 11.4. The molecule has 0 aliphatic heterocycles. The molecule has 20 heavy (non-hydrogen) atoms. The van der Waals surface area contributed by atoms with Crippen molar-refractivity contribution in [2.45, 2.75) is 41.0 Å². The van der Waals surface area contributed by atoms with Gasteiger partial charge in [0, 0.05) is 17.0 Å². The normalized spacial score (nSPS) is 18.4. The topological polar surface area (TPSA) is 72.2 Å². The number of benzene rings is 1. The number of thioether (sulfide) groups is 1. The molecule has 112 valence electrons. The summed E-state index contributed by atoms with van der Waals surface area (Å²) in [6.07, 6.45) is 5.49. The molecule has 0 radical (unpaired) electrons. The highest BCUT2D eigenvalue weighted by Crippen LogP contribution is 2.32. The third kappa shape index (κ3) is 3.31. The predicted molar refractivity (Wildman–Crippen MR) is 83.8 cm³/mol. The Morgan fingerprint density at radius 1 is 1.40 bits per heavy atom. The standard InChI is InChI=1S/C13H19ClN2O2S2/c1-19-12-5-4-10(8-11(12)14)20(17,18)16-13(9-15)6-2-3-7-13/h4-5,8,16H,2-3,6-7,9,15H2,1H3. The van der Waals surface area contributed by atoms with Crippen LogP contribution < -0.4 is 10.5 Å². The van der Waals surface area contributed by atoms with Crippen molar-refractivity contribution in [2.75, 3.05) is 12.8 Å². The second-order valence-electron chi connectivity index (χ2n) is 5.09. The number of rotatable bonds is 5. The molecule has 2 rings (SSSR count). The average molecular weight is 335 g/mol. The van der Waals surface area contributed by atoms with E-state index in [4.69, 9.17) is 17.3 Å². The molecule has 1 aromatic carbocycles.